The summed E-state index contributed by atoms with van der Waals surface area (Å²) in [6.07, 6.45) is -3.95. The second kappa shape index (κ2) is 6.46. The quantitative estimate of drug-likeness (QED) is 0.733. The van der Waals surface area contributed by atoms with Gasteiger partial charge in [-0.3, -0.25) is 0 Å². The highest BCUT2D eigenvalue weighted by Gasteiger charge is 2.67. The number of fused-ring (bicyclic) bond motifs is 1. The van der Waals surface area contributed by atoms with Crippen LogP contribution in [0.25, 0.3) is 5.65 Å². The fraction of sp³-hybridized carbons (Fsp3) is 0.556. The number of halogens is 3. The molecule has 0 N–H and O–H groups in total. The molecular formula is C18H20F3N3O4. The molecule has 3 rings (SSSR count). The second-order valence-electron chi connectivity index (χ2n) is 7.62. The van der Waals surface area contributed by atoms with E-state index < -0.39 is 29.1 Å². The van der Waals surface area contributed by atoms with Crippen molar-refractivity contribution in [3.63, 3.8) is 0 Å². The Morgan fingerprint density at radius 2 is 1.86 bits per heavy atom. The van der Waals surface area contributed by atoms with Crippen molar-refractivity contribution < 1.29 is 32.2 Å². The first kappa shape index (κ1) is 20.1. The summed E-state index contributed by atoms with van der Waals surface area (Å²) in [5.41, 5.74) is -4.00. The van der Waals surface area contributed by atoms with Gasteiger partial charge in [0.2, 0.25) is 0 Å². The molecule has 1 fully saturated rings. The van der Waals surface area contributed by atoms with Crippen molar-refractivity contribution in [2.75, 3.05) is 6.61 Å². The monoisotopic (exact) mass is 399 g/mol. The van der Waals surface area contributed by atoms with E-state index in [2.05, 4.69) is 10.1 Å². The Hall–Kier alpha value is -2.65. The Bertz CT molecular complexity index is 940. The lowest BCUT2D eigenvalue weighted by Crippen LogP contribution is -2.34. The Kier molecular flexibility index (Phi) is 4.63. The maximum atomic E-state index is 13.9. The van der Waals surface area contributed by atoms with Gasteiger partial charge >= 0.3 is 18.1 Å². The highest BCUT2D eigenvalue weighted by Crippen LogP contribution is 2.59. The van der Waals surface area contributed by atoms with Crippen LogP contribution in [0.2, 0.25) is 0 Å². The largest absolute Gasteiger partial charge is 0.461 e. The van der Waals surface area contributed by atoms with Gasteiger partial charge in [0.1, 0.15) is 16.6 Å². The Morgan fingerprint density at radius 1 is 1.21 bits per heavy atom. The lowest BCUT2D eigenvalue weighted by Gasteiger charge is -2.24. The van der Waals surface area contributed by atoms with E-state index in [0.717, 1.165) is 10.7 Å². The summed E-state index contributed by atoms with van der Waals surface area (Å²) in [5, 5.41) is 3.96. The van der Waals surface area contributed by atoms with Gasteiger partial charge in [-0.05, 0) is 40.5 Å². The van der Waals surface area contributed by atoms with E-state index in [1.807, 2.05) is 0 Å². The smallest absolute Gasteiger partial charge is 0.399 e. The summed E-state index contributed by atoms with van der Waals surface area (Å²) in [4.78, 5) is 28.6. The van der Waals surface area contributed by atoms with Crippen LogP contribution >= 0.6 is 0 Å². The normalized spacial score (nSPS) is 16.1. The van der Waals surface area contributed by atoms with Crippen LogP contribution in [-0.4, -0.2) is 44.9 Å². The number of ether oxygens (including phenoxy) is 2. The molecule has 0 atom stereocenters. The van der Waals surface area contributed by atoms with Crippen molar-refractivity contribution in [3.05, 3.63) is 29.2 Å². The minimum absolute atomic E-state index is 0.0147. The molecule has 0 unspecified atom stereocenters. The predicted molar refractivity (Wildman–Crippen MR) is 91.1 cm³/mol. The fourth-order valence-corrected chi connectivity index (χ4v) is 2.96. The van der Waals surface area contributed by atoms with Gasteiger partial charge in [0, 0.05) is 12.3 Å². The molecule has 10 heteroatoms. The van der Waals surface area contributed by atoms with Crippen molar-refractivity contribution in [2.45, 2.75) is 57.7 Å². The molecule has 28 heavy (non-hydrogen) atoms. The SMILES string of the molecule is CCOC(=O)c1cc2ncc(C(=O)OC(C)(C)C)c(C3(C(F)(F)F)CC3)n2n1. The third-order valence-corrected chi connectivity index (χ3v) is 4.33. The first-order chi connectivity index (χ1) is 12.9. The zero-order chi connectivity index (χ0) is 20.9. The number of hydrogen-bond acceptors (Lipinski definition) is 6. The minimum Gasteiger partial charge on any atom is -0.461 e. The van der Waals surface area contributed by atoms with Crippen molar-refractivity contribution >= 4 is 17.6 Å². The van der Waals surface area contributed by atoms with E-state index in [4.69, 9.17) is 9.47 Å². The summed E-state index contributed by atoms with van der Waals surface area (Å²) in [5.74, 6) is -1.71. The Labute approximate surface area is 158 Å². The van der Waals surface area contributed by atoms with Crippen LogP contribution in [0.4, 0.5) is 13.2 Å². The molecule has 2 aromatic rings. The Morgan fingerprint density at radius 3 is 2.36 bits per heavy atom. The maximum absolute atomic E-state index is 13.9. The molecule has 1 aliphatic rings. The van der Waals surface area contributed by atoms with Gasteiger partial charge in [0.15, 0.2) is 11.3 Å². The molecular weight excluding hydrogens is 379 g/mol. The number of aromatic nitrogens is 3. The molecule has 0 radical (unpaired) electrons. The number of nitrogens with zero attached hydrogens (tertiary/aromatic N) is 3. The number of rotatable bonds is 4. The first-order valence-electron chi connectivity index (χ1n) is 8.76. The number of carbonyl (C=O) groups excluding carboxylic acids is 2. The average Bonchev–Trinajstić information content (AvgIpc) is 3.25. The minimum atomic E-state index is -4.60. The van der Waals surface area contributed by atoms with Gasteiger partial charge in [-0.1, -0.05) is 0 Å². The summed E-state index contributed by atoms with van der Waals surface area (Å²) >= 11 is 0. The van der Waals surface area contributed by atoms with Crippen LogP contribution in [0.3, 0.4) is 0 Å². The van der Waals surface area contributed by atoms with Crippen LogP contribution in [0.15, 0.2) is 12.3 Å². The van der Waals surface area contributed by atoms with Gasteiger partial charge in [0.25, 0.3) is 0 Å². The predicted octanol–water partition coefficient (Wildman–Crippen LogP) is 3.46. The highest BCUT2D eigenvalue weighted by molar-refractivity contribution is 5.92. The highest BCUT2D eigenvalue weighted by atomic mass is 19.4. The topological polar surface area (TPSA) is 82.8 Å². The molecule has 152 valence electrons. The van der Waals surface area contributed by atoms with Gasteiger partial charge in [-0.15, -0.1) is 0 Å². The van der Waals surface area contributed by atoms with Crippen LogP contribution in [0.1, 0.15) is 67.1 Å². The molecule has 0 spiro atoms. The van der Waals surface area contributed by atoms with E-state index in [1.165, 1.54) is 6.07 Å². The lowest BCUT2D eigenvalue weighted by atomic mass is 9.97. The standard InChI is InChI=1S/C18H20F3N3O4/c1-5-27-15(26)11-8-12-22-9-10(14(25)28-16(2,3)4)13(24(12)23-11)17(6-7-17)18(19,20)21/h8-9H,5-7H2,1-4H3. The molecule has 2 aromatic heterocycles. The third-order valence-electron chi connectivity index (χ3n) is 4.33. The summed E-state index contributed by atoms with van der Waals surface area (Å²) in [7, 11) is 0. The van der Waals surface area contributed by atoms with Crippen LogP contribution in [0.5, 0.6) is 0 Å². The molecule has 1 saturated carbocycles. The first-order valence-corrected chi connectivity index (χ1v) is 8.76. The molecule has 0 saturated heterocycles. The van der Waals surface area contributed by atoms with E-state index in [0.29, 0.717) is 0 Å². The third kappa shape index (κ3) is 3.43. The molecule has 2 heterocycles. The summed E-state index contributed by atoms with van der Waals surface area (Å²) < 4.78 is 52.6. The molecule has 0 aromatic carbocycles. The van der Waals surface area contributed by atoms with Gasteiger partial charge in [-0.25, -0.2) is 19.1 Å². The number of hydrogen-bond donors (Lipinski definition) is 0. The van der Waals surface area contributed by atoms with Gasteiger partial charge in [-0.2, -0.15) is 18.3 Å². The van der Waals surface area contributed by atoms with E-state index in [9.17, 15) is 22.8 Å². The zero-order valence-corrected chi connectivity index (χ0v) is 15.9. The number of carbonyl (C=O) groups is 2. The molecule has 0 bridgehead atoms. The van der Waals surface area contributed by atoms with Crippen molar-refractivity contribution in [1.29, 1.82) is 0 Å². The van der Waals surface area contributed by atoms with E-state index in [1.54, 1.807) is 27.7 Å². The van der Waals surface area contributed by atoms with Crippen molar-refractivity contribution in [1.82, 2.24) is 14.6 Å². The van der Waals surface area contributed by atoms with Gasteiger partial charge < -0.3 is 9.47 Å². The van der Waals surface area contributed by atoms with Gasteiger partial charge in [0.05, 0.1) is 12.3 Å². The van der Waals surface area contributed by atoms with Crippen LogP contribution in [-0.2, 0) is 14.9 Å². The van der Waals surface area contributed by atoms with E-state index in [-0.39, 0.29) is 42.0 Å². The second-order valence-corrected chi connectivity index (χ2v) is 7.62. The van der Waals surface area contributed by atoms with Crippen LogP contribution < -0.4 is 0 Å². The summed E-state index contributed by atoms with van der Waals surface area (Å²) in [6.45, 7) is 6.52. The maximum Gasteiger partial charge on any atom is 0.399 e. The fourth-order valence-electron chi connectivity index (χ4n) is 2.96. The number of esters is 2. The van der Waals surface area contributed by atoms with E-state index >= 15 is 0 Å². The average molecular weight is 399 g/mol. The van der Waals surface area contributed by atoms with Crippen molar-refractivity contribution in [3.8, 4) is 0 Å². The Balaban J connectivity index is 2.22. The summed E-state index contributed by atoms with van der Waals surface area (Å²) in [6, 6.07) is 1.23. The van der Waals surface area contributed by atoms with Crippen molar-refractivity contribution in [2.24, 2.45) is 0 Å². The molecule has 7 nitrogen and oxygen atoms in total. The zero-order valence-electron chi connectivity index (χ0n) is 15.9. The molecule has 1 aliphatic carbocycles. The number of alkyl halides is 3. The molecule has 0 aliphatic heterocycles. The lowest BCUT2D eigenvalue weighted by molar-refractivity contribution is -0.162. The van der Waals surface area contributed by atoms with Crippen LogP contribution in [0, 0.1) is 0 Å². The molecule has 0 amide bonds.